The van der Waals surface area contributed by atoms with Crippen LogP contribution in [-0.2, 0) is 4.74 Å². The summed E-state index contributed by atoms with van der Waals surface area (Å²) in [6.45, 7) is 0. The lowest BCUT2D eigenvalue weighted by Crippen LogP contribution is -2.02. The molecule has 2 aliphatic rings. The highest BCUT2D eigenvalue weighted by molar-refractivity contribution is 4.95. The summed E-state index contributed by atoms with van der Waals surface area (Å²) in [5.74, 6) is 0. The maximum atomic E-state index is 8.85. The lowest BCUT2D eigenvalue weighted by molar-refractivity contribution is 0.129. The number of aliphatic hydroxyl groups is 1. The molecule has 1 saturated carbocycles. The Labute approximate surface area is 42.1 Å². The van der Waals surface area contributed by atoms with Gasteiger partial charge in [-0.1, -0.05) is 0 Å². The van der Waals surface area contributed by atoms with Crippen molar-refractivity contribution >= 4 is 0 Å². The Balaban J connectivity index is 2.02. The van der Waals surface area contributed by atoms with Crippen LogP contribution in [0.15, 0.2) is 0 Å². The van der Waals surface area contributed by atoms with Gasteiger partial charge in [0.2, 0.25) is 0 Å². The molecule has 2 fully saturated rings. The molecule has 7 heavy (non-hydrogen) atoms. The number of hydrogen-bond acceptors (Lipinski definition) is 2. The van der Waals surface area contributed by atoms with E-state index in [1.165, 1.54) is 0 Å². The van der Waals surface area contributed by atoms with Gasteiger partial charge in [-0.25, -0.2) is 0 Å². The second-order valence-electron chi connectivity index (χ2n) is 2.34. The molecule has 2 unspecified atom stereocenters. The Morgan fingerprint density at radius 1 is 1.29 bits per heavy atom. The van der Waals surface area contributed by atoms with E-state index < -0.39 is 0 Å². The predicted octanol–water partition coefficient (Wildman–Crippen LogP) is -0.0915. The van der Waals surface area contributed by atoms with Gasteiger partial charge in [0.1, 0.15) is 0 Å². The molecule has 40 valence electrons. The van der Waals surface area contributed by atoms with E-state index in [9.17, 15) is 0 Å². The van der Waals surface area contributed by atoms with Gasteiger partial charge in [0, 0.05) is 12.8 Å². The molecule has 0 amide bonds. The van der Waals surface area contributed by atoms with Crippen LogP contribution in [0.3, 0.4) is 0 Å². The van der Waals surface area contributed by atoms with Crippen LogP contribution in [0.1, 0.15) is 12.8 Å². The minimum Gasteiger partial charge on any atom is -0.393 e. The number of fused-ring (bicyclic) bond motifs is 1. The topological polar surface area (TPSA) is 32.8 Å². The summed E-state index contributed by atoms with van der Waals surface area (Å²) in [7, 11) is 0. The van der Waals surface area contributed by atoms with Crippen molar-refractivity contribution in [2.75, 3.05) is 0 Å². The average Bonchev–Trinajstić information content (AvgIpc) is 2.15. The van der Waals surface area contributed by atoms with E-state index in [-0.39, 0.29) is 6.10 Å². The molecule has 1 heterocycles. The maximum Gasteiger partial charge on any atom is 0.0867 e. The summed E-state index contributed by atoms with van der Waals surface area (Å²) >= 11 is 0. The van der Waals surface area contributed by atoms with E-state index in [1.54, 1.807) is 0 Å². The highest BCUT2D eigenvalue weighted by atomic mass is 16.6. The number of hydrogen-bond donors (Lipinski definition) is 1. The van der Waals surface area contributed by atoms with Crippen LogP contribution in [0.4, 0.5) is 0 Å². The summed E-state index contributed by atoms with van der Waals surface area (Å²) in [5.41, 5.74) is 0. The molecule has 1 aliphatic heterocycles. The fourth-order valence-corrected chi connectivity index (χ4v) is 1.23. The lowest BCUT2D eigenvalue weighted by atomic mass is 10.3. The van der Waals surface area contributed by atoms with Gasteiger partial charge >= 0.3 is 0 Å². The number of epoxide rings is 1. The summed E-state index contributed by atoms with van der Waals surface area (Å²) in [6.07, 6.45) is 2.59. The zero-order valence-electron chi connectivity index (χ0n) is 4.00. The normalized spacial score (nSPS) is 57.0. The van der Waals surface area contributed by atoms with E-state index in [0.29, 0.717) is 12.2 Å². The van der Waals surface area contributed by atoms with Crippen molar-refractivity contribution in [1.29, 1.82) is 0 Å². The van der Waals surface area contributed by atoms with E-state index >= 15 is 0 Å². The van der Waals surface area contributed by atoms with E-state index in [0.717, 1.165) is 12.8 Å². The van der Waals surface area contributed by atoms with Crippen molar-refractivity contribution in [3.8, 4) is 0 Å². The largest absolute Gasteiger partial charge is 0.393 e. The molecule has 2 heteroatoms. The van der Waals surface area contributed by atoms with Gasteiger partial charge < -0.3 is 9.84 Å². The molecule has 0 bridgehead atoms. The van der Waals surface area contributed by atoms with Gasteiger partial charge in [-0.05, 0) is 0 Å². The first-order chi connectivity index (χ1) is 3.36. The smallest absolute Gasteiger partial charge is 0.0867 e. The molecule has 0 spiro atoms. The second-order valence-corrected chi connectivity index (χ2v) is 2.34. The first kappa shape index (κ1) is 3.87. The summed E-state index contributed by atoms with van der Waals surface area (Å²) in [4.78, 5) is 0. The minimum absolute atomic E-state index is 0.0521. The molecule has 0 aromatic rings. The molecular weight excluding hydrogens is 92.1 g/mol. The quantitative estimate of drug-likeness (QED) is 0.431. The zero-order valence-corrected chi connectivity index (χ0v) is 4.00. The first-order valence-corrected chi connectivity index (χ1v) is 2.70. The third-order valence-electron chi connectivity index (χ3n) is 1.70. The summed E-state index contributed by atoms with van der Waals surface area (Å²) in [6, 6.07) is 0. The molecular formula is C5H8O2. The van der Waals surface area contributed by atoms with Crippen LogP contribution in [-0.4, -0.2) is 23.4 Å². The standard InChI is InChI=1S/C5H8O2/c6-3-1-4-5(2-3)7-4/h3-6H,1-2H2. The molecule has 2 nitrogen and oxygen atoms in total. The fourth-order valence-electron chi connectivity index (χ4n) is 1.23. The van der Waals surface area contributed by atoms with Crippen molar-refractivity contribution < 1.29 is 9.84 Å². The third kappa shape index (κ3) is 0.469. The van der Waals surface area contributed by atoms with Gasteiger partial charge in [0.25, 0.3) is 0 Å². The van der Waals surface area contributed by atoms with Crippen molar-refractivity contribution in [1.82, 2.24) is 0 Å². The summed E-state index contributed by atoms with van der Waals surface area (Å²) < 4.78 is 5.06. The van der Waals surface area contributed by atoms with E-state index in [4.69, 9.17) is 9.84 Å². The van der Waals surface area contributed by atoms with Crippen molar-refractivity contribution in [2.45, 2.75) is 31.2 Å². The molecule has 1 saturated heterocycles. The Morgan fingerprint density at radius 3 is 2.14 bits per heavy atom. The molecule has 1 N–H and O–H groups in total. The molecule has 0 radical (unpaired) electrons. The fraction of sp³-hybridized carbons (Fsp3) is 1.00. The van der Waals surface area contributed by atoms with Gasteiger partial charge in [0.15, 0.2) is 0 Å². The SMILES string of the molecule is OC1CC2OC2C1. The third-order valence-corrected chi connectivity index (χ3v) is 1.70. The molecule has 0 aromatic carbocycles. The van der Waals surface area contributed by atoms with Crippen LogP contribution >= 0.6 is 0 Å². The predicted molar refractivity (Wildman–Crippen MR) is 23.9 cm³/mol. The highest BCUT2D eigenvalue weighted by Gasteiger charge is 2.47. The number of ether oxygens (including phenoxy) is 1. The molecule has 1 aliphatic carbocycles. The van der Waals surface area contributed by atoms with Crippen LogP contribution < -0.4 is 0 Å². The Kier molecular flexibility index (Phi) is 0.557. The highest BCUT2D eigenvalue weighted by Crippen LogP contribution is 2.38. The molecule has 0 aromatic heterocycles. The molecule has 2 atom stereocenters. The minimum atomic E-state index is -0.0521. The zero-order chi connectivity index (χ0) is 4.85. The lowest BCUT2D eigenvalue weighted by Gasteiger charge is -1.97. The number of aliphatic hydroxyl groups excluding tert-OH is 1. The van der Waals surface area contributed by atoms with E-state index in [1.807, 2.05) is 0 Å². The molecule has 2 rings (SSSR count). The van der Waals surface area contributed by atoms with Gasteiger partial charge in [-0.2, -0.15) is 0 Å². The van der Waals surface area contributed by atoms with Crippen LogP contribution in [0.25, 0.3) is 0 Å². The van der Waals surface area contributed by atoms with Gasteiger partial charge in [-0.15, -0.1) is 0 Å². The Hall–Kier alpha value is -0.0800. The van der Waals surface area contributed by atoms with Crippen molar-refractivity contribution in [3.63, 3.8) is 0 Å². The number of rotatable bonds is 0. The van der Waals surface area contributed by atoms with Crippen LogP contribution in [0, 0.1) is 0 Å². The van der Waals surface area contributed by atoms with E-state index in [2.05, 4.69) is 0 Å². The van der Waals surface area contributed by atoms with Gasteiger partial charge in [0.05, 0.1) is 18.3 Å². The van der Waals surface area contributed by atoms with Crippen LogP contribution in [0.2, 0.25) is 0 Å². The Morgan fingerprint density at radius 2 is 1.86 bits per heavy atom. The Bertz CT molecular complexity index is 82.1. The monoisotopic (exact) mass is 100 g/mol. The van der Waals surface area contributed by atoms with Crippen LogP contribution in [0.5, 0.6) is 0 Å². The average molecular weight is 100 g/mol. The van der Waals surface area contributed by atoms with Gasteiger partial charge in [-0.3, -0.25) is 0 Å². The maximum absolute atomic E-state index is 8.85. The van der Waals surface area contributed by atoms with Crippen molar-refractivity contribution in [2.24, 2.45) is 0 Å². The second kappa shape index (κ2) is 1.01. The first-order valence-electron chi connectivity index (χ1n) is 2.70. The summed E-state index contributed by atoms with van der Waals surface area (Å²) in [5, 5.41) is 8.85. The van der Waals surface area contributed by atoms with Crippen molar-refractivity contribution in [3.05, 3.63) is 0 Å².